The van der Waals surface area contributed by atoms with E-state index < -0.39 is 0 Å². The van der Waals surface area contributed by atoms with Gasteiger partial charge in [-0.25, -0.2) is 0 Å². The summed E-state index contributed by atoms with van der Waals surface area (Å²) in [5.41, 5.74) is 2.07. The molecule has 2 aromatic rings. The number of ether oxygens (including phenoxy) is 1. The molecule has 0 aliphatic carbocycles. The number of nitrogens with zero attached hydrogens (tertiary/aromatic N) is 4. The molecular weight excluding hydrogens is 298 g/mol. The monoisotopic (exact) mass is 315 g/mol. The van der Waals surface area contributed by atoms with Crippen LogP contribution >= 0.6 is 0 Å². The average Bonchev–Trinajstić information content (AvgIpc) is 2.70. The van der Waals surface area contributed by atoms with Crippen LogP contribution < -0.4 is 5.32 Å². The molecule has 2 saturated heterocycles. The van der Waals surface area contributed by atoms with Gasteiger partial charge in [-0.3, -0.25) is 19.3 Å². The summed E-state index contributed by atoms with van der Waals surface area (Å²) in [5.74, 6) is -0.475. The number of hydrogen-bond acceptors (Lipinski definition) is 5. The Hall–Kier alpha value is -2.48. The van der Waals surface area contributed by atoms with Crippen LogP contribution in [0.2, 0.25) is 0 Å². The summed E-state index contributed by atoms with van der Waals surface area (Å²) in [5, 5.41) is 7.06. The number of pyridine rings is 1. The van der Waals surface area contributed by atoms with Crippen LogP contribution in [0.4, 0.5) is 0 Å². The normalized spacial score (nSPS) is 24.4. The van der Waals surface area contributed by atoms with Crippen LogP contribution in [0.3, 0.4) is 0 Å². The van der Waals surface area contributed by atoms with Crippen molar-refractivity contribution in [3.63, 3.8) is 0 Å². The van der Waals surface area contributed by atoms with Crippen molar-refractivity contribution >= 4 is 22.8 Å². The third kappa shape index (κ3) is 2.44. The van der Waals surface area contributed by atoms with Crippen molar-refractivity contribution in [3.05, 3.63) is 24.0 Å². The van der Waals surface area contributed by atoms with E-state index in [-0.39, 0.29) is 23.8 Å². The molecule has 1 N–H and O–H groups in total. The Kier molecular flexibility index (Phi) is 3.26. The summed E-state index contributed by atoms with van der Waals surface area (Å²) in [4.78, 5) is 30.9. The zero-order valence-corrected chi connectivity index (χ0v) is 12.7. The van der Waals surface area contributed by atoms with E-state index in [1.165, 1.54) is 0 Å². The molecule has 0 aromatic carbocycles. The molecule has 2 aromatic heterocycles. The van der Waals surface area contributed by atoms with Crippen LogP contribution in [-0.4, -0.2) is 63.8 Å². The fourth-order valence-corrected chi connectivity index (χ4v) is 3.12. The number of hydrogen-bond donors (Lipinski definition) is 1. The molecule has 4 rings (SSSR count). The molecule has 120 valence electrons. The van der Waals surface area contributed by atoms with E-state index in [0.29, 0.717) is 31.9 Å². The highest BCUT2D eigenvalue weighted by molar-refractivity contribution is 5.97. The summed E-state index contributed by atoms with van der Waals surface area (Å²) in [6, 6.07) is 1.64. The highest BCUT2D eigenvalue weighted by Crippen LogP contribution is 2.18. The number of amides is 2. The SMILES string of the molecule is Cn1ncc2ncc(C(=O)N3C[C@H]4COC[C@@H](C3)C(=O)N4)cc21. The van der Waals surface area contributed by atoms with Crippen LogP contribution in [0.1, 0.15) is 10.4 Å². The Morgan fingerprint density at radius 1 is 1.35 bits per heavy atom. The molecule has 2 amide bonds. The van der Waals surface area contributed by atoms with Crippen molar-refractivity contribution in [1.82, 2.24) is 25.0 Å². The molecule has 2 aliphatic heterocycles. The number of rotatable bonds is 1. The maximum absolute atomic E-state index is 12.8. The highest BCUT2D eigenvalue weighted by atomic mass is 16.5. The molecule has 0 spiro atoms. The maximum Gasteiger partial charge on any atom is 0.255 e. The molecule has 2 atom stereocenters. The van der Waals surface area contributed by atoms with Crippen LogP contribution in [0.15, 0.2) is 18.5 Å². The molecule has 4 heterocycles. The van der Waals surface area contributed by atoms with E-state index in [2.05, 4.69) is 15.4 Å². The lowest BCUT2D eigenvalue weighted by molar-refractivity contribution is -0.125. The topological polar surface area (TPSA) is 89.3 Å². The van der Waals surface area contributed by atoms with Crippen molar-refractivity contribution in [2.24, 2.45) is 13.0 Å². The Bertz CT molecular complexity index is 787. The fourth-order valence-electron chi connectivity index (χ4n) is 3.12. The van der Waals surface area contributed by atoms with Gasteiger partial charge in [-0.15, -0.1) is 0 Å². The first-order chi connectivity index (χ1) is 11.1. The van der Waals surface area contributed by atoms with E-state index in [1.54, 1.807) is 28.0 Å². The molecular formula is C15H17N5O3. The van der Waals surface area contributed by atoms with Gasteiger partial charge in [0.05, 0.1) is 42.5 Å². The minimum Gasteiger partial charge on any atom is -0.378 e. The van der Waals surface area contributed by atoms with Gasteiger partial charge in [-0.2, -0.15) is 5.10 Å². The summed E-state index contributed by atoms with van der Waals surface area (Å²) in [7, 11) is 1.81. The van der Waals surface area contributed by atoms with Crippen molar-refractivity contribution in [2.75, 3.05) is 26.3 Å². The van der Waals surface area contributed by atoms with Crippen molar-refractivity contribution in [2.45, 2.75) is 6.04 Å². The molecule has 8 heteroatoms. The minimum atomic E-state index is -0.320. The first-order valence-corrected chi connectivity index (χ1v) is 7.57. The van der Waals surface area contributed by atoms with Gasteiger partial charge >= 0.3 is 0 Å². The Labute approximate surface area is 132 Å². The van der Waals surface area contributed by atoms with E-state index in [1.807, 2.05) is 7.05 Å². The number of nitrogens with one attached hydrogen (secondary N) is 1. The van der Waals surface area contributed by atoms with Gasteiger partial charge in [0, 0.05) is 26.3 Å². The van der Waals surface area contributed by atoms with Crippen LogP contribution in [-0.2, 0) is 16.6 Å². The summed E-state index contributed by atoms with van der Waals surface area (Å²) >= 11 is 0. The smallest absolute Gasteiger partial charge is 0.255 e. The molecule has 23 heavy (non-hydrogen) atoms. The zero-order chi connectivity index (χ0) is 16.0. The molecule has 2 fully saturated rings. The molecule has 0 saturated carbocycles. The lowest BCUT2D eigenvalue weighted by Crippen LogP contribution is -2.44. The first kappa shape index (κ1) is 14.1. The second-order valence-electron chi connectivity index (χ2n) is 6.05. The van der Waals surface area contributed by atoms with Crippen LogP contribution in [0.5, 0.6) is 0 Å². The third-order valence-electron chi connectivity index (χ3n) is 4.37. The fraction of sp³-hybridized carbons (Fsp3) is 0.467. The second-order valence-corrected chi connectivity index (χ2v) is 6.05. The molecule has 2 bridgehead atoms. The summed E-state index contributed by atoms with van der Waals surface area (Å²) in [6.07, 6.45) is 3.23. The van der Waals surface area contributed by atoms with Crippen LogP contribution in [0.25, 0.3) is 11.0 Å². The Morgan fingerprint density at radius 3 is 3.09 bits per heavy atom. The molecule has 0 radical (unpaired) electrons. The van der Waals surface area contributed by atoms with E-state index >= 15 is 0 Å². The zero-order valence-electron chi connectivity index (χ0n) is 12.7. The van der Waals surface area contributed by atoms with Gasteiger partial charge in [0.25, 0.3) is 5.91 Å². The van der Waals surface area contributed by atoms with Gasteiger partial charge in [0.1, 0.15) is 5.52 Å². The first-order valence-electron chi connectivity index (χ1n) is 7.57. The summed E-state index contributed by atoms with van der Waals surface area (Å²) < 4.78 is 7.17. The Morgan fingerprint density at radius 2 is 2.22 bits per heavy atom. The highest BCUT2D eigenvalue weighted by Gasteiger charge is 2.35. The largest absolute Gasteiger partial charge is 0.378 e. The van der Waals surface area contributed by atoms with Gasteiger partial charge in [0.15, 0.2) is 0 Å². The van der Waals surface area contributed by atoms with Crippen molar-refractivity contribution < 1.29 is 14.3 Å². The predicted molar refractivity (Wildman–Crippen MR) is 80.7 cm³/mol. The third-order valence-corrected chi connectivity index (χ3v) is 4.37. The van der Waals surface area contributed by atoms with Gasteiger partial charge in [-0.1, -0.05) is 0 Å². The Balaban J connectivity index is 1.64. The van der Waals surface area contributed by atoms with E-state index in [0.717, 1.165) is 11.0 Å². The van der Waals surface area contributed by atoms with Gasteiger partial charge in [0.2, 0.25) is 5.91 Å². The number of carbonyl (C=O) groups is 2. The van der Waals surface area contributed by atoms with Gasteiger partial charge in [-0.05, 0) is 6.07 Å². The lowest BCUT2D eigenvalue weighted by Gasteiger charge is -2.27. The lowest BCUT2D eigenvalue weighted by atomic mass is 10.1. The van der Waals surface area contributed by atoms with E-state index in [4.69, 9.17) is 4.74 Å². The maximum atomic E-state index is 12.8. The van der Waals surface area contributed by atoms with Crippen molar-refractivity contribution in [3.8, 4) is 0 Å². The quantitative estimate of drug-likeness (QED) is 0.770. The van der Waals surface area contributed by atoms with Gasteiger partial charge < -0.3 is 15.0 Å². The standard InChI is InChI=1S/C15H17N5O3/c1-19-13-2-9(3-16-12(13)4-17-19)15(22)20-5-10-7-23-8-11(6-20)18-14(10)21/h2-4,10-11H,5-8H2,1H3,(H,18,21)/t10-,11+/m1/s1. The predicted octanol–water partition coefficient (Wildman–Crippen LogP) is -0.445. The van der Waals surface area contributed by atoms with E-state index in [9.17, 15) is 9.59 Å². The average molecular weight is 315 g/mol. The second kappa shape index (κ2) is 5.31. The molecule has 0 unspecified atom stereocenters. The number of aryl methyl sites for hydroxylation is 1. The molecule has 8 nitrogen and oxygen atoms in total. The minimum absolute atomic E-state index is 0.0389. The number of fused-ring (bicyclic) bond motifs is 4. The molecule has 2 aliphatic rings. The number of carbonyl (C=O) groups excluding carboxylic acids is 2. The van der Waals surface area contributed by atoms with Crippen molar-refractivity contribution in [1.29, 1.82) is 0 Å². The number of aromatic nitrogens is 3. The van der Waals surface area contributed by atoms with Crippen LogP contribution in [0, 0.1) is 5.92 Å². The summed E-state index contributed by atoms with van der Waals surface area (Å²) in [6.45, 7) is 1.60.